The number of hydrogen-bond acceptors (Lipinski definition) is 2. The van der Waals surface area contributed by atoms with E-state index in [1.807, 2.05) is 0 Å². The second-order valence-corrected chi connectivity index (χ2v) is 5.57. The number of anilines is 1. The predicted molar refractivity (Wildman–Crippen MR) is 91.2 cm³/mol. The van der Waals surface area contributed by atoms with E-state index in [1.165, 1.54) is 11.3 Å². The molecule has 0 spiro atoms. The molecule has 4 nitrogen and oxygen atoms in total. The third-order valence-electron chi connectivity index (χ3n) is 3.86. The van der Waals surface area contributed by atoms with E-state index in [2.05, 4.69) is 60.6 Å². The van der Waals surface area contributed by atoms with Gasteiger partial charge in [0.15, 0.2) is 5.96 Å². The van der Waals surface area contributed by atoms with E-state index in [0.717, 1.165) is 45.0 Å². The Morgan fingerprint density at radius 3 is 2.86 bits per heavy atom. The summed E-state index contributed by atoms with van der Waals surface area (Å²) in [6.07, 6.45) is 2.26. The van der Waals surface area contributed by atoms with Gasteiger partial charge in [0, 0.05) is 31.4 Å². The second kappa shape index (κ2) is 7.91. The van der Waals surface area contributed by atoms with Gasteiger partial charge >= 0.3 is 0 Å². The fourth-order valence-electron chi connectivity index (χ4n) is 2.73. The average Bonchev–Trinajstić information content (AvgIpc) is 2.94. The molecule has 0 saturated carbocycles. The van der Waals surface area contributed by atoms with Crippen LogP contribution >= 0.6 is 0 Å². The summed E-state index contributed by atoms with van der Waals surface area (Å²) in [6.45, 7) is 10.3. The molecule has 0 fully saturated rings. The lowest BCUT2D eigenvalue weighted by atomic mass is 10.2. The molecule has 0 amide bonds. The van der Waals surface area contributed by atoms with Gasteiger partial charge in [-0.1, -0.05) is 25.1 Å². The summed E-state index contributed by atoms with van der Waals surface area (Å²) >= 11 is 0. The Bertz CT molecular complexity index is 470. The first kappa shape index (κ1) is 15.7. The Morgan fingerprint density at radius 2 is 2.10 bits per heavy atom. The van der Waals surface area contributed by atoms with Crippen molar-refractivity contribution in [1.29, 1.82) is 0 Å². The first-order valence-corrected chi connectivity index (χ1v) is 8.13. The number of nitrogens with one attached hydrogen (secondary N) is 2. The number of fused-ring (bicyclic) bond motifs is 1. The third-order valence-corrected chi connectivity index (χ3v) is 3.86. The van der Waals surface area contributed by atoms with Crippen molar-refractivity contribution >= 4 is 11.6 Å². The quantitative estimate of drug-likeness (QED) is 0.624. The molecule has 1 heterocycles. The topological polar surface area (TPSA) is 39.7 Å². The zero-order chi connectivity index (χ0) is 15.1. The molecular formula is C17H28N4. The van der Waals surface area contributed by atoms with Crippen LogP contribution in [0.2, 0.25) is 0 Å². The van der Waals surface area contributed by atoms with Crippen molar-refractivity contribution in [2.75, 3.05) is 31.1 Å². The lowest BCUT2D eigenvalue weighted by Crippen LogP contribution is -2.40. The SMILES string of the molecule is CCCNC(=NCC(C)N1CCc2ccccc21)NCC. The number of para-hydroxylation sites is 1. The average molecular weight is 288 g/mol. The highest BCUT2D eigenvalue weighted by molar-refractivity contribution is 5.79. The number of aliphatic imine (C=N–C) groups is 1. The van der Waals surface area contributed by atoms with Crippen molar-refractivity contribution < 1.29 is 0 Å². The molecule has 1 aliphatic rings. The van der Waals surface area contributed by atoms with Crippen molar-refractivity contribution in [3.05, 3.63) is 29.8 Å². The molecule has 0 saturated heterocycles. The Morgan fingerprint density at radius 1 is 1.29 bits per heavy atom. The fourth-order valence-corrected chi connectivity index (χ4v) is 2.73. The third kappa shape index (κ3) is 4.13. The number of rotatable bonds is 6. The van der Waals surface area contributed by atoms with Gasteiger partial charge in [0.1, 0.15) is 0 Å². The summed E-state index contributed by atoms with van der Waals surface area (Å²) in [5.74, 6) is 0.929. The van der Waals surface area contributed by atoms with Crippen LogP contribution in [-0.4, -0.2) is 38.2 Å². The van der Waals surface area contributed by atoms with E-state index in [-0.39, 0.29) is 0 Å². The van der Waals surface area contributed by atoms with E-state index < -0.39 is 0 Å². The van der Waals surface area contributed by atoms with Gasteiger partial charge in [0.05, 0.1) is 6.54 Å². The summed E-state index contributed by atoms with van der Waals surface area (Å²) in [7, 11) is 0. The van der Waals surface area contributed by atoms with Crippen LogP contribution in [0.1, 0.15) is 32.8 Å². The Kier molecular flexibility index (Phi) is 5.90. The number of guanidine groups is 1. The highest BCUT2D eigenvalue weighted by Gasteiger charge is 2.22. The van der Waals surface area contributed by atoms with Crippen LogP contribution in [0.3, 0.4) is 0 Å². The van der Waals surface area contributed by atoms with Gasteiger partial charge in [-0.15, -0.1) is 0 Å². The van der Waals surface area contributed by atoms with E-state index in [0.29, 0.717) is 6.04 Å². The molecule has 4 heteroatoms. The molecule has 0 aromatic heterocycles. The minimum absolute atomic E-state index is 0.422. The molecule has 2 rings (SSSR count). The maximum atomic E-state index is 4.72. The molecule has 1 aromatic carbocycles. The first-order valence-electron chi connectivity index (χ1n) is 8.13. The molecule has 1 unspecified atom stereocenters. The van der Waals surface area contributed by atoms with Crippen molar-refractivity contribution in [3.63, 3.8) is 0 Å². The maximum Gasteiger partial charge on any atom is 0.191 e. The zero-order valence-electron chi connectivity index (χ0n) is 13.5. The van der Waals surface area contributed by atoms with Crippen molar-refractivity contribution in [2.45, 2.75) is 39.7 Å². The largest absolute Gasteiger partial charge is 0.366 e. The zero-order valence-corrected chi connectivity index (χ0v) is 13.5. The highest BCUT2D eigenvalue weighted by atomic mass is 15.2. The van der Waals surface area contributed by atoms with Crippen LogP contribution < -0.4 is 15.5 Å². The van der Waals surface area contributed by atoms with Crippen molar-refractivity contribution in [3.8, 4) is 0 Å². The fraction of sp³-hybridized carbons (Fsp3) is 0.588. The summed E-state index contributed by atoms with van der Waals surface area (Å²) in [5.41, 5.74) is 2.84. The van der Waals surface area contributed by atoms with E-state index in [1.54, 1.807) is 0 Å². The Hall–Kier alpha value is -1.71. The minimum Gasteiger partial charge on any atom is -0.366 e. The van der Waals surface area contributed by atoms with Gasteiger partial charge in [0.25, 0.3) is 0 Å². The molecule has 1 aliphatic heterocycles. The standard InChI is InChI=1S/C17H28N4/c1-4-11-19-17(18-5-2)20-13-14(3)21-12-10-15-8-6-7-9-16(15)21/h6-9,14H,4-5,10-13H2,1-3H3,(H2,18,19,20). The first-order chi connectivity index (χ1) is 10.3. The second-order valence-electron chi connectivity index (χ2n) is 5.57. The van der Waals surface area contributed by atoms with E-state index in [4.69, 9.17) is 4.99 Å². The van der Waals surface area contributed by atoms with E-state index >= 15 is 0 Å². The molecule has 1 atom stereocenters. The number of nitrogens with zero attached hydrogens (tertiary/aromatic N) is 2. The number of benzene rings is 1. The van der Waals surface area contributed by atoms with Crippen molar-refractivity contribution in [2.24, 2.45) is 4.99 Å². The maximum absolute atomic E-state index is 4.72. The molecule has 21 heavy (non-hydrogen) atoms. The van der Waals surface area contributed by atoms with Gasteiger partial charge in [-0.05, 0) is 38.3 Å². The van der Waals surface area contributed by atoms with Crippen LogP contribution in [-0.2, 0) is 6.42 Å². The van der Waals surface area contributed by atoms with Gasteiger partial charge in [0.2, 0.25) is 0 Å². The number of hydrogen-bond donors (Lipinski definition) is 2. The summed E-state index contributed by atoms with van der Waals surface area (Å²) in [5, 5.41) is 6.66. The molecule has 0 bridgehead atoms. The smallest absolute Gasteiger partial charge is 0.191 e. The van der Waals surface area contributed by atoms with Crippen LogP contribution in [0.15, 0.2) is 29.3 Å². The van der Waals surface area contributed by atoms with Crippen LogP contribution in [0.4, 0.5) is 5.69 Å². The van der Waals surface area contributed by atoms with Crippen LogP contribution in [0, 0.1) is 0 Å². The molecule has 116 valence electrons. The molecule has 2 N–H and O–H groups in total. The Labute approximate surface area is 128 Å². The van der Waals surface area contributed by atoms with Gasteiger partial charge < -0.3 is 15.5 Å². The van der Waals surface area contributed by atoms with Crippen LogP contribution in [0.5, 0.6) is 0 Å². The van der Waals surface area contributed by atoms with Gasteiger partial charge in [-0.25, -0.2) is 0 Å². The molecule has 0 radical (unpaired) electrons. The van der Waals surface area contributed by atoms with E-state index in [9.17, 15) is 0 Å². The predicted octanol–water partition coefficient (Wildman–Crippen LogP) is 2.40. The van der Waals surface area contributed by atoms with Crippen molar-refractivity contribution in [1.82, 2.24) is 10.6 Å². The highest BCUT2D eigenvalue weighted by Crippen LogP contribution is 2.29. The Balaban J connectivity index is 1.96. The normalized spacial score (nSPS) is 15.8. The summed E-state index contributed by atoms with van der Waals surface area (Å²) < 4.78 is 0. The minimum atomic E-state index is 0.422. The van der Waals surface area contributed by atoms with Gasteiger partial charge in [-0.3, -0.25) is 4.99 Å². The summed E-state index contributed by atoms with van der Waals surface area (Å²) in [6, 6.07) is 9.13. The van der Waals surface area contributed by atoms with Gasteiger partial charge in [-0.2, -0.15) is 0 Å². The monoisotopic (exact) mass is 288 g/mol. The molecule has 0 aliphatic carbocycles. The lowest BCUT2D eigenvalue weighted by molar-refractivity contribution is 0.657. The van der Waals surface area contributed by atoms with Crippen LogP contribution in [0.25, 0.3) is 0 Å². The molecular weight excluding hydrogens is 260 g/mol. The summed E-state index contributed by atoms with van der Waals surface area (Å²) in [4.78, 5) is 7.20. The molecule has 1 aromatic rings. The lowest BCUT2D eigenvalue weighted by Gasteiger charge is -2.26.